The number of esters is 1. The Labute approximate surface area is 109 Å². The van der Waals surface area contributed by atoms with Crippen LogP contribution in [0.5, 0.6) is 0 Å². The van der Waals surface area contributed by atoms with Crippen molar-refractivity contribution >= 4 is 11.8 Å². The van der Waals surface area contributed by atoms with Crippen molar-refractivity contribution in [3.63, 3.8) is 0 Å². The summed E-state index contributed by atoms with van der Waals surface area (Å²) in [4.78, 5) is 23.6. The highest BCUT2D eigenvalue weighted by Gasteiger charge is 2.47. The molecule has 0 fully saturated rings. The van der Waals surface area contributed by atoms with Crippen LogP contribution in [0.4, 0.5) is 0 Å². The molecule has 0 radical (unpaired) electrons. The maximum Gasteiger partial charge on any atom is 0.331 e. The van der Waals surface area contributed by atoms with E-state index in [4.69, 9.17) is 4.74 Å². The SMILES string of the molecule is CC(C)=CC(=O)OCC(=O)[C@]1(C)CC=CC1(C)C. The Bertz CT molecular complexity index is 411. The van der Waals surface area contributed by atoms with Gasteiger partial charge in [0, 0.05) is 11.5 Å². The number of Topliss-reactive ketones (excluding diaryl/α,β-unsaturated/α-hetero) is 1. The first kappa shape index (κ1) is 14.7. The Kier molecular flexibility index (Phi) is 4.15. The van der Waals surface area contributed by atoms with E-state index >= 15 is 0 Å². The molecule has 0 aliphatic heterocycles. The Hall–Kier alpha value is -1.38. The van der Waals surface area contributed by atoms with Crippen LogP contribution in [0, 0.1) is 10.8 Å². The average Bonchev–Trinajstić information content (AvgIpc) is 2.50. The zero-order valence-electron chi connectivity index (χ0n) is 11.9. The smallest absolute Gasteiger partial charge is 0.331 e. The number of ether oxygens (including phenoxy) is 1. The first-order chi connectivity index (χ1) is 8.19. The van der Waals surface area contributed by atoms with Crippen LogP contribution < -0.4 is 0 Å². The number of ketones is 1. The van der Waals surface area contributed by atoms with E-state index in [1.807, 2.05) is 40.7 Å². The fourth-order valence-electron chi connectivity index (χ4n) is 2.08. The van der Waals surface area contributed by atoms with E-state index in [-0.39, 0.29) is 17.8 Å². The molecule has 1 rings (SSSR count). The summed E-state index contributed by atoms with van der Waals surface area (Å²) in [5.41, 5.74) is 0.201. The molecular formula is C15H22O3. The molecule has 0 N–H and O–H groups in total. The minimum Gasteiger partial charge on any atom is -0.455 e. The van der Waals surface area contributed by atoms with Gasteiger partial charge < -0.3 is 4.74 Å². The topological polar surface area (TPSA) is 43.4 Å². The van der Waals surface area contributed by atoms with Gasteiger partial charge >= 0.3 is 5.97 Å². The molecule has 3 nitrogen and oxygen atoms in total. The highest BCUT2D eigenvalue weighted by molar-refractivity contribution is 5.90. The molecule has 0 unspecified atom stereocenters. The molecule has 100 valence electrons. The third kappa shape index (κ3) is 2.89. The van der Waals surface area contributed by atoms with Gasteiger partial charge in [-0.15, -0.1) is 0 Å². The van der Waals surface area contributed by atoms with Crippen LogP contribution >= 0.6 is 0 Å². The summed E-state index contributed by atoms with van der Waals surface area (Å²) < 4.78 is 4.99. The van der Waals surface area contributed by atoms with Crippen LogP contribution in [0.25, 0.3) is 0 Å². The summed E-state index contributed by atoms with van der Waals surface area (Å²) in [5, 5.41) is 0. The largest absolute Gasteiger partial charge is 0.455 e. The van der Waals surface area contributed by atoms with Crippen molar-refractivity contribution in [1.82, 2.24) is 0 Å². The van der Waals surface area contributed by atoms with Crippen molar-refractivity contribution in [2.75, 3.05) is 6.61 Å². The summed E-state index contributed by atoms with van der Waals surface area (Å²) in [6, 6.07) is 0. The molecule has 0 aromatic heterocycles. The number of hydrogen-bond donors (Lipinski definition) is 0. The first-order valence-corrected chi connectivity index (χ1v) is 6.22. The molecule has 0 heterocycles. The lowest BCUT2D eigenvalue weighted by atomic mass is 9.66. The van der Waals surface area contributed by atoms with Crippen molar-refractivity contribution in [1.29, 1.82) is 0 Å². The van der Waals surface area contributed by atoms with Crippen LogP contribution in [0.3, 0.4) is 0 Å². The normalized spacial score (nSPS) is 24.7. The summed E-state index contributed by atoms with van der Waals surface area (Å²) in [7, 11) is 0. The second kappa shape index (κ2) is 5.09. The lowest BCUT2D eigenvalue weighted by Gasteiger charge is -2.36. The third-order valence-corrected chi connectivity index (χ3v) is 3.85. The first-order valence-electron chi connectivity index (χ1n) is 6.22. The summed E-state index contributed by atoms with van der Waals surface area (Å²) >= 11 is 0. The second-order valence-electron chi connectivity index (χ2n) is 5.91. The van der Waals surface area contributed by atoms with Gasteiger partial charge in [0.1, 0.15) is 0 Å². The number of hydrogen-bond acceptors (Lipinski definition) is 3. The zero-order valence-corrected chi connectivity index (χ0v) is 11.9. The molecular weight excluding hydrogens is 228 g/mol. The number of carbonyl (C=O) groups excluding carboxylic acids is 2. The van der Waals surface area contributed by atoms with E-state index in [2.05, 4.69) is 6.08 Å². The maximum atomic E-state index is 12.2. The number of rotatable bonds is 4. The van der Waals surface area contributed by atoms with Gasteiger partial charge in [-0.05, 0) is 25.7 Å². The lowest BCUT2D eigenvalue weighted by molar-refractivity contribution is -0.148. The van der Waals surface area contributed by atoms with Crippen LogP contribution in [0.15, 0.2) is 23.8 Å². The van der Waals surface area contributed by atoms with Gasteiger partial charge in [-0.25, -0.2) is 4.79 Å². The monoisotopic (exact) mass is 250 g/mol. The summed E-state index contributed by atoms with van der Waals surface area (Å²) in [5.74, 6) is -0.469. The van der Waals surface area contributed by atoms with Crippen molar-refractivity contribution < 1.29 is 14.3 Å². The highest BCUT2D eigenvalue weighted by Crippen LogP contribution is 2.48. The molecule has 0 aromatic rings. The van der Waals surface area contributed by atoms with Crippen LogP contribution in [-0.4, -0.2) is 18.4 Å². The van der Waals surface area contributed by atoms with Crippen molar-refractivity contribution in [3.05, 3.63) is 23.8 Å². The molecule has 0 amide bonds. The Balaban J connectivity index is 2.63. The van der Waals surface area contributed by atoms with E-state index < -0.39 is 11.4 Å². The minimum atomic E-state index is -0.474. The Morgan fingerprint density at radius 2 is 1.89 bits per heavy atom. The van der Waals surface area contributed by atoms with Gasteiger partial charge in [0.15, 0.2) is 12.4 Å². The molecule has 1 atom stereocenters. The molecule has 0 bridgehead atoms. The molecule has 3 heteroatoms. The van der Waals surface area contributed by atoms with Crippen LogP contribution in [0.1, 0.15) is 41.0 Å². The molecule has 1 aliphatic rings. The van der Waals surface area contributed by atoms with E-state index in [0.29, 0.717) is 6.42 Å². The molecule has 0 aromatic carbocycles. The molecule has 1 aliphatic carbocycles. The maximum absolute atomic E-state index is 12.2. The fourth-order valence-corrected chi connectivity index (χ4v) is 2.08. The van der Waals surface area contributed by atoms with Gasteiger partial charge in [-0.1, -0.05) is 38.5 Å². The predicted octanol–water partition coefficient (Wildman–Crippen LogP) is 3.06. The molecule has 0 saturated heterocycles. The summed E-state index contributed by atoms with van der Waals surface area (Å²) in [6.07, 6.45) is 6.19. The fraction of sp³-hybridized carbons (Fsp3) is 0.600. The van der Waals surface area contributed by atoms with Crippen LogP contribution in [0.2, 0.25) is 0 Å². The van der Waals surface area contributed by atoms with Crippen molar-refractivity contribution in [2.24, 2.45) is 10.8 Å². The molecule has 0 saturated carbocycles. The second-order valence-corrected chi connectivity index (χ2v) is 5.91. The average molecular weight is 250 g/mol. The van der Waals surface area contributed by atoms with Crippen molar-refractivity contribution in [3.8, 4) is 0 Å². The quantitative estimate of drug-likeness (QED) is 0.437. The Morgan fingerprint density at radius 1 is 1.28 bits per heavy atom. The van der Waals surface area contributed by atoms with E-state index in [9.17, 15) is 9.59 Å². The zero-order chi connectivity index (χ0) is 14.0. The number of carbonyl (C=O) groups is 2. The van der Waals surface area contributed by atoms with E-state index in [1.54, 1.807) is 0 Å². The minimum absolute atomic E-state index is 0.0204. The van der Waals surface area contributed by atoms with Crippen molar-refractivity contribution in [2.45, 2.75) is 41.0 Å². The van der Waals surface area contributed by atoms with Gasteiger partial charge in [0.05, 0.1) is 0 Å². The predicted molar refractivity (Wildman–Crippen MR) is 71.0 cm³/mol. The van der Waals surface area contributed by atoms with E-state index in [0.717, 1.165) is 5.57 Å². The van der Waals surface area contributed by atoms with Gasteiger partial charge in [0.25, 0.3) is 0 Å². The van der Waals surface area contributed by atoms with Crippen LogP contribution in [-0.2, 0) is 14.3 Å². The molecule has 18 heavy (non-hydrogen) atoms. The highest BCUT2D eigenvalue weighted by atomic mass is 16.5. The summed E-state index contributed by atoms with van der Waals surface area (Å²) in [6.45, 7) is 9.48. The van der Waals surface area contributed by atoms with Gasteiger partial charge in [-0.3, -0.25) is 4.79 Å². The Morgan fingerprint density at radius 3 is 2.33 bits per heavy atom. The van der Waals surface area contributed by atoms with Gasteiger partial charge in [-0.2, -0.15) is 0 Å². The third-order valence-electron chi connectivity index (χ3n) is 3.85. The van der Waals surface area contributed by atoms with Gasteiger partial charge in [0.2, 0.25) is 0 Å². The van der Waals surface area contributed by atoms with E-state index in [1.165, 1.54) is 6.08 Å². The number of allylic oxidation sites excluding steroid dienone is 3. The lowest BCUT2D eigenvalue weighted by Crippen LogP contribution is -2.40. The standard InChI is InChI=1S/C15H22O3/c1-11(2)9-13(17)18-10-12(16)15(5)8-6-7-14(15,3)4/h6-7,9H,8,10H2,1-5H3/t15-/m0/s1. The molecule has 0 spiro atoms.